The molecule has 0 aromatic heterocycles. The number of hydrogen-bond donors (Lipinski definition) is 1. The fourth-order valence-electron chi connectivity index (χ4n) is 1.63. The predicted molar refractivity (Wildman–Crippen MR) is 49.4 cm³/mol. The van der Waals surface area contributed by atoms with Crippen molar-refractivity contribution in [2.45, 2.75) is 32.1 Å². The van der Waals surface area contributed by atoms with Gasteiger partial charge in [-0.05, 0) is 13.8 Å². The summed E-state index contributed by atoms with van der Waals surface area (Å²) in [6.07, 6.45) is 0.718. The molecule has 0 saturated carbocycles. The lowest BCUT2D eigenvalue weighted by Gasteiger charge is -2.40. The first-order valence-electron chi connectivity index (χ1n) is 4.86. The van der Waals surface area contributed by atoms with E-state index in [1.54, 1.807) is 0 Å². The van der Waals surface area contributed by atoms with Crippen LogP contribution in [0, 0.1) is 0 Å². The van der Waals surface area contributed by atoms with E-state index in [9.17, 15) is 0 Å². The van der Waals surface area contributed by atoms with Crippen molar-refractivity contribution in [3.63, 3.8) is 0 Å². The average molecular weight is 189 g/mol. The molecule has 13 heavy (non-hydrogen) atoms. The molecule has 0 aromatic rings. The lowest BCUT2D eigenvalue weighted by molar-refractivity contribution is -0.274. The molecular formula is C9H19NO3. The second kappa shape index (κ2) is 4.91. The van der Waals surface area contributed by atoms with Crippen LogP contribution in [0.4, 0.5) is 0 Å². The van der Waals surface area contributed by atoms with Gasteiger partial charge in [0, 0.05) is 19.6 Å². The Morgan fingerprint density at radius 2 is 2.00 bits per heavy atom. The Morgan fingerprint density at radius 1 is 1.38 bits per heavy atom. The quantitative estimate of drug-likeness (QED) is 0.654. The summed E-state index contributed by atoms with van der Waals surface area (Å²) < 4.78 is 16.4. The van der Waals surface area contributed by atoms with Crippen molar-refractivity contribution in [1.29, 1.82) is 0 Å². The molecule has 0 bridgehead atoms. The largest absolute Gasteiger partial charge is 0.379 e. The van der Waals surface area contributed by atoms with Gasteiger partial charge in [-0.15, -0.1) is 0 Å². The van der Waals surface area contributed by atoms with Gasteiger partial charge >= 0.3 is 0 Å². The smallest absolute Gasteiger partial charge is 0.187 e. The molecular weight excluding hydrogens is 170 g/mol. The third-order valence-corrected chi connectivity index (χ3v) is 2.23. The first-order chi connectivity index (χ1) is 6.25. The van der Waals surface area contributed by atoms with Gasteiger partial charge in [-0.1, -0.05) is 0 Å². The first-order valence-corrected chi connectivity index (χ1v) is 4.86. The second-order valence-corrected chi connectivity index (χ2v) is 3.11. The second-order valence-electron chi connectivity index (χ2n) is 3.11. The van der Waals surface area contributed by atoms with Crippen molar-refractivity contribution in [1.82, 2.24) is 0 Å². The molecule has 1 rings (SSSR count). The number of rotatable bonds is 4. The van der Waals surface area contributed by atoms with Gasteiger partial charge in [0.05, 0.1) is 19.3 Å². The highest BCUT2D eigenvalue weighted by Gasteiger charge is 2.41. The van der Waals surface area contributed by atoms with E-state index in [2.05, 4.69) is 0 Å². The van der Waals surface area contributed by atoms with Gasteiger partial charge in [0.2, 0.25) is 0 Å². The Balaban J connectivity index is 2.61. The summed E-state index contributed by atoms with van der Waals surface area (Å²) in [4.78, 5) is 0. The molecule has 0 unspecified atom stereocenters. The van der Waals surface area contributed by atoms with E-state index >= 15 is 0 Å². The zero-order chi connectivity index (χ0) is 9.73. The Kier molecular flexibility index (Phi) is 4.12. The van der Waals surface area contributed by atoms with Crippen LogP contribution in [0.15, 0.2) is 0 Å². The summed E-state index contributed by atoms with van der Waals surface area (Å²) in [5, 5.41) is 0. The van der Waals surface area contributed by atoms with E-state index in [1.165, 1.54) is 0 Å². The molecule has 0 amide bonds. The number of ether oxygens (including phenoxy) is 3. The van der Waals surface area contributed by atoms with Crippen LogP contribution < -0.4 is 5.73 Å². The van der Waals surface area contributed by atoms with Crippen LogP contribution in [0.3, 0.4) is 0 Å². The first kappa shape index (κ1) is 10.9. The van der Waals surface area contributed by atoms with Gasteiger partial charge in [0.15, 0.2) is 5.79 Å². The maximum absolute atomic E-state index is 5.91. The van der Waals surface area contributed by atoms with Crippen LogP contribution in [0.2, 0.25) is 0 Å². The van der Waals surface area contributed by atoms with Gasteiger partial charge in [0.25, 0.3) is 0 Å². The topological polar surface area (TPSA) is 53.7 Å². The highest BCUT2D eigenvalue weighted by atomic mass is 16.7. The minimum Gasteiger partial charge on any atom is -0.379 e. The third kappa shape index (κ3) is 2.40. The molecule has 0 aliphatic carbocycles. The Labute approximate surface area is 79.3 Å². The summed E-state index contributed by atoms with van der Waals surface area (Å²) in [7, 11) is 0. The van der Waals surface area contributed by atoms with Crippen molar-refractivity contribution >= 4 is 0 Å². The van der Waals surface area contributed by atoms with Crippen LogP contribution in [-0.4, -0.2) is 38.3 Å². The SMILES string of the molecule is CCOC1(OCC)CCOC[C@@H]1N. The molecule has 1 saturated heterocycles. The Morgan fingerprint density at radius 3 is 2.46 bits per heavy atom. The molecule has 1 heterocycles. The monoisotopic (exact) mass is 189 g/mol. The van der Waals surface area contributed by atoms with Crippen molar-refractivity contribution in [3.8, 4) is 0 Å². The predicted octanol–water partition coefficient (Wildman–Crippen LogP) is 0.503. The van der Waals surface area contributed by atoms with E-state index in [-0.39, 0.29) is 6.04 Å². The summed E-state index contributed by atoms with van der Waals surface area (Å²) in [6, 6.07) is -0.179. The normalized spacial score (nSPS) is 27.5. The molecule has 1 fully saturated rings. The molecule has 1 aliphatic rings. The van der Waals surface area contributed by atoms with Crippen molar-refractivity contribution in [2.75, 3.05) is 26.4 Å². The molecule has 1 aliphatic heterocycles. The van der Waals surface area contributed by atoms with Crippen LogP contribution in [0.25, 0.3) is 0 Å². The lowest BCUT2D eigenvalue weighted by Crippen LogP contribution is -2.57. The van der Waals surface area contributed by atoms with E-state index in [4.69, 9.17) is 19.9 Å². The number of hydrogen-bond acceptors (Lipinski definition) is 4. The maximum Gasteiger partial charge on any atom is 0.187 e. The molecule has 4 nitrogen and oxygen atoms in total. The average Bonchev–Trinajstić information content (AvgIpc) is 2.11. The molecule has 2 N–H and O–H groups in total. The minimum atomic E-state index is -0.609. The van der Waals surface area contributed by atoms with E-state index in [0.29, 0.717) is 26.4 Å². The lowest BCUT2D eigenvalue weighted by atomic mass is 10.0. The zero-order valence-electron chi connectivity index (χ0n) is 8.41. The van der Waals surface area contributed by atoms with E-state index < -0.39 is 5.79 Å². The van der Waals surface area contributed by atoms with Crippen LogP contribution in [0.1, 0.15) is 20.3 Å². The van der Waals surface area contributed by atoms with Crippen molar-refractivity contribution in [2.24, 2.45) is 5.73 Å². The highest BCUT2D eigenvalue weighted by molar-refractivity contribution is 4.86. The van der Waals surface area contributed by atoms with Gasteiger partial charge < -0.3 is 19.9 Å². The van der Waals surface area contributed by atoms with Crippen LogP contribution >= 0.6 is 0 Å². The van der Waals surface area contributed by atoms with Crippen molar-refractivity contribution in [3.05, 3.63) is 0 Å². The molecule has 4 heteroatoms. The Bertz CT molecular complexity index is 140. The molecule has 0 spiro atoms. The third-order valence-electron chi connectivity index (χ3n) is 2.23. The summed E-state index contributed by atoms with van der Waals surface area (Å²) in [6.45, 7) is 6.31. The highest BCUT2D eigenvalue weighted by Crippen LogP contribution is 2.25. The van der Waals surface area contributed by atoms with Crippen LogP contribution in [0.5, 0.6) is 0 Å². The van der Waals surface area contributed by atoms with E-state index in [1.807, 2.05) is 13.8 Å². The van der Waals surface area contributed by atoms with Gasteiger partial charge in [0.1, 0.15) is 0 Å². The van der Waals surface area contributed by atoms with Crippen LogP contribution in [-0.2, 0) is 14.2 Å². The van der Waals surface area contributed by atoms with Gasteiger partial charge in [-0.2, -0.15) is 0 Å². The summed E-state index contributed by atoms with van der Waals surface area (Å²) in [5.74, 6) is -0.609. The number of nitrogens with two attached hydrogens (primary N) is 1. The zero-order valence-corrected chi connectivity index (χ0v) is 8.41. The van der Waals surface area contributed by atoms with Gasteiger partial charge in [-0.3, -0.25) is 0 Å². The maximum atomic E-state index is 5.91. The standard InChI is InChI=1S/C9H19NO3/c1-3-12-9(13-4-2)5-6-11-7-8(9)10/h8H,3-7,10H2,1-2H3/t8-/m0/s1. The molecule has 1 atom stereocenters. The van der Waals surface area contributed by atoms with Crippen molar-refractivity contribution < 1.29 is 14.2 Å². The molecule has 0 radical (unpaired) electrons. The summed E-state index contributed by atoms with van der Waals surface area (Å²) >= 11 is 0. The Hall–Kier alpha value is -0.160. The summed E-state index contributed by atoms with van der Waals surface area (Å²) in [5.41, 5.74) is 5.91. The minimum absolute atomic E-state index is 0.179. The fourth-order valence-corrected chi connectivity index (χ4v) is 1.63. The van der Waals surface area contributed by atoms with E-state index in [0.717, 1.165) is 6.42 Å². The molecule has 0 aromatic carbocycles. The fraction of sp³-hybridized carbons (Fsp3) is 1.00. The molecule has 78 valence electrons. The van der Waals surface area contributed by atoms with Gasteiger partial charge in [-0.25, -0.2) is 0 Å².